The Kier molecular flexibility index (Phi) is 7.04. The van der Waals surface area contributed by atoms with E-state index in [1.807, 2.05) is 3.98 Å². The van der Waals surface area contributed by atoms with Crippen LogP contribution in [-0.2, 0) is 15.7 Å². The van der Waals surface area contributed by atoms with E-state index in [1.165, 1.54) is 44.5 Å². The van der Waals surface area contributed by atoms with E-state index in [-0.39, 0.29) is 12.1 Å². The Morgan fingerprint density at radius 3 is 1.23 bits per heavy atom. The molecular weight excluding hydrogens is 365 g/mol. The summed E-state index contributed by atoms with van der Waals surface area (Å²) in [7, 11) is 0. The number of hydrogen-bond acceptors (Lipinski definition) is 3. The first-order chi connectivity index (χ1) is 12.1. The zero-order valence-electron chi connectivity index (χ0n) is 16.8. The quantitative estimate of drug-likeness (QED) is 0.725. The van der Waals surface area contributed by atoms with Gasteiger partial charge in [-0.05, 0) is 0 Å². The van der Waals surface area contributed by atoms with Crippen LogP contribution in [0.4, 0.5) is 0 Å². The minimum atomic E-state index is -0.100. The Balaban J connectivity index is 2.10. The summed E-state index contributed by atoms with van der Waals surface area (Å²) in [6, 6.07) is 8.54. The average Bonchev–Trinajstić information content (AvgIpc) is 2.44. The van der Waals surface area contributed by atoms with E-state index in [0.29, 0.717) is 13.1 Å². The van der Waals surface area contributed by atoms with Gasteiger partial charge in [-0.15, -0.1) is 0 Å². The number of rotatable bonds is 6. The van der Waals surface area contributed by atoms with E-state index in [1.54, 1.807) is 0 Å². The van der Waals surface area contributed by atoms with Gasteiger partial charge in [-0.25, -0.2) is 0 Å². The molecule has 26 heavy (non-hydrogen) atoms. The van der Waals surface area contributed by atoms with Crippen molar-refractivity contribution in [2.75, 3.05) is 13.1 Å². The summed E-state index contributed by atoms with van der Waals surface area (Å²) in [4.78, 5) is 0. The second kappa shape index (κ2) is 8.67. The summed E-state index contributed by atoms with van der Waals surface area (Å²) < 4.78 is 1.88. The summed E-state index contributed by atoms with van der Waals surface area (Å²) in [6.07, 6.45) is 0. The van der Waals surface area contributed by atoms with E-state index in [9.17, 15) is 0 Å². The van der Waals surface area contributed by atoms with Gasteiger partial charge in [-0.2, -0.15) is 0 Å². The molecule has 4 heteroatoms. The van der Waals surface area contributed by atoms with Gasteiger partial charge in [0.1, 0.15) is 0 Å². The number of nitrogens with two attached hydrogens (primary N) is 2. The summed E-state index contributed by atoms with van der Waals surface area (Å²) in [5.41, 5.74) is 22.9. The molecule has 2 aromatic rings. The Hall–Kier alpha value is -1.19. The van der Waals surface area contributed by atoms with Gasteiger partial charge < -0.3 is 0 Å². The fourth-order valence-corrected chi connectivity index (χ4v) is 4.60. The summed E-state index contributed by atoms with van der Waals surface area (Å²) in [6.45, 7) is 14.0. The van der Waals surface area contributed by atoms with E-state index < -0.39 is 0 Å². The van der Waals surface area contributed by atoms with Crippen molar-refractivity contribution < 1.29 is 15.7 Å². The van der Waals surface area contributed by atoms with Gasteiger partial charge in [0.15, 0.2) is 0 Å². The van der Waals surface area contributed by atoms with Gasteiger partial charge >= 0.3 is 167 Å². The van der Waals surface area contributed by atoms with E-state index in [0.717, 1.165) is 0 Å². The number of benzene rings is 2. The van der Waals surface area contributed by atoms with E-state index in [2.05, 4.69) is 65.8 Å². The van der Waals surface area contributed by atoms with Crippen LogP contribution in [0, 0.1) is 41.5 Å². The molecule has 2 atom stereocenters. The van der Waals surface area contributed by atoms with Crippen LogP contribution in [0.15, 0.2) is 24.3 Å². The van der Waals surface area contributed by atoms with Crippen LogP contribution < -0.4 is 11.5 Å². The molecule has 2 aromatic carbocycles. The molecule has 0 aliphatic heterocycles. The molecule has 0 radical (unpaired) electrons. The Morgan fingerprint density at radius 1 is 0.692 bits per heavy atom. The molecule has 0 aliphatic carbocycles. The third kappa shape index (κ3) is 4.95. The number of hydrogen-bond donors (Lipinski definition) is 2. The molecule has 0 aromatic heterocycles. The Bertz CT molecular complexity index is 673. The second-order valence-electron chi connectivity index (χ2n) is 7.63. The molecule has 0 spiro atoms. The van der Waals surface area contributed by atoms with E-state index in [4.69, 9.17) is 27.1 Å². The van der Waals surface area contributed by atoms with Crippen LogP contribution in [0.5, 0.6) is 0 Å². The molecule has 0 bridgehead atoms. The van der Waals surface area contributed by atoms with Crippen molar-refractivity contribution in [3.63, 3.8) is 0 Å². The first kappa shape index (κ1) is 21.1. The zero-order chi connectivity index (χ0) is 19.6. The predicted octanol–water partition coefficient (Wildman–Crippen LogP) is 4.00. The number of nitrogens with zero attached hydrogens (tertiary/aromatic N) is 1. The third-order valence-corrected chi connectivity index (χ3v) is 5.35. The molecule has 0 saturated heterocycles. The molecule has 0 aliphatic rings. The molecule has 3 nitrogen and oxygen atoms in total. The first-order valence-corrected chi connectivity index (χ1v) is 9.59. The fraction of sp³-hybridized carbons (Fsp3) is 0.455. The predicted molar refractivity (Wildman–Crippen MR) is 107 cm³/mol. The van der Waals surface area contributed by atoms with Crippen LogP contribution in [0.1, 0.15) is 56.6 Å². The van der Waals surface area contributed by atoms with Gasteiger partial charge in [0.25, 0.3) is 0 Å². The van der Waals surface area contributed by atoms with Crippen molar-refractivity contribution in [2.24, 2.45) is 11.5 Å². The van der Waals surface area contributed by atoms with Crippen LogP contribution in [-0.4, -0.2) is 17.1 Å². The molecule has 4 N–H and O–H groups in total. The van der Waals surface area contributed by atoms with Gasteiger partial charge in [0.2, 0.25) is 0 Å². The van der Waals surface area contributed by atoms with Crippen molar-refractivity contribution in [3.8, 4) is 0 Å². The monoisotopic (exact) mass is 396 g/mol. The number of aryl methyl sites for hydroxylation is 6. The van der Waals surface area contributed by atoms with Crippen LogP contribution in [0.3, 0.4) is 0 Å². The molecule has 2 rings (SSSR count). The minimum absolute atomic E-state index is 0.100. The molecule has 0 heterocycles. The zero-order valence-corrected chi connectivity index (χ0v) is 17.8. The summed E-state index contributed by atoms with van der Waals surface area (Å²) in [5.74, 6) is 0. The van der Waals surface area contributed by atoms with Crippen molar-refractivity contribution in [1.29, 1.82) is 0 Å². The van der Waals surface area contributed by atoms with Crippen molar-refractivity contribution in [1.82, 2.24) is 3.98 Å². The molecule has 0 fully saturated rings. The molecule has 2 unspecified atom stereocenters. The maximum atomic E-state index is 6.50. The standard InChI is InChI=1S/C22H32N3.Ni/c1-13-7-15(3)21(16(4)8-13)19(23)11-25-12-20(24)22-17(5)9-14(2)10-18(22)6;/h7-10,19-20H,11-12,23-24H2,1-6H3;/q-1;+1. The van der Waals surface area contributed by atoms with E-state index >= 15 is 0 Å². The SMILES string of the molecule is Cc1cc(C)c(C(N)C[N]([Ni])CC(N)c2c(C)cc(C)cc2C)c(C)c1. The molecule has 145 valence electrons. The van der Waals surface area contributed by atoms with Gasteiger partial charge in [-0.1, -0.05) is 0 Å². The van der Waals surface area contributed by atoms with Crippen molar-refractivity contribution in [2.45, 2.75) is 53.6 Å². The topological polar surface area (TPSA) is 55.3 Å². The van der Waals surface area contributed by atoms with Gasteiger partial charge in [0, 0.05) is 0 Å². The normalized spacial score (nSPS) is 14.0. The Morgan fingerprint density at radius 2 is 0.962 bits per heavy atom. The molecule has 0 saturated carbocycles. The molecular formula is C22H32N3Ni. The van der Waals surface area contributed by atoms with Crippen molar-refractivity contribution in [3.05, 3.63) is 68.8 Å². The summed E-state index contributed by atoms with van der Waals surface area (Å²) in [5, 5.41) is 0. The molecule has 0 amide bonds. The third-order valence-electron chi connectivity index (χ3n) is 4.98. The second-order valence-corrected chi connectivity index (χ2v) is 8.25. The summed E-state index contributed by atoms with van der Waals surface area (Å²) >= 11 is 5.24. The first-order valence-electron chi connectivity index (χ1n) is 9.14. The van der Waals surface area contributed by atoms with Crippen LogP contribution >= 0.6 is 0 Å². The van der Waals surface area contributed by atoms with Crippen molar-refractivity contribution >= 4 is 0 Å². The van der Waals surface area contributed by atoms with Crippen LogP contribution in [0.25, 0.3) is 0 Å². The van der Waals surface area contributed by atoms with Gasteiger partial charge in [0.05, 0.1) is 0 Å². The van der Waals surface area contributed by atoms with Gasteiger partial charge in [-0.3, -0.25) is 0 Å². The Labute approximate surface area is 166 Å². The maximum absolute atomic E-state index is 6.50. The fourth-order valence-electron chi connectivity index (χ4n) is 4.21. The average molecular weight is 397 g/mol. The van der Waals surface area contributed by atoms with Crippen LogP contribution in [0.2, 0.25) is 0 Å².